The highest BCUT2D eigenvalue weighted by Crippen LogP contribution is 2.41. The molecule has 5 rings (SSSR count). The highest BCUT2D eigenvalue weighted by atomic mass is 35.5. The van der Waals surface area contributed by atoms with Crippen LogP contribution in [0.4, 0.5) is 10.2 Å². The van der Waals surface area contributed by atoms with E-state index in [2.05, 4.69) is 20.5 Å². The molecule has 1 aliphatic rings. The van der Waals surface area contributed by atoms with Crippen LogP contribution in [0, 0.1) is 5.82 Å². The van der Waals surface area contributed by atoms with E-state index in [-0.39, 0.29) is 11.9 Å². The molecular formula is C21H15Cl2FN6. The number of benzene rings is 2. The smallest absolute Gasteiger partial charge is 0.163 e. The second kappa shape index (κ2) is 7.27. The van der Waals surface area contributed by atoms with E-state index in [9.17, 15) is 4.39 Å². The van der Waals surface area contributed by atoms with Crippen molar-refractivity contribution in [1.29, 1.82) is 0 Å². The Hall–Kier alpha value is -3.16. The van der Waals surface area contributed by atoms with Gasteiger partial charge in [0, 0.05) is 17.3 Å². The molecule has 1 atom stereocenters. The first kappa shape index (κ1) is 18.8. The van der Waals surface area contributed by atoms with Crippen LogP contribution in [0.15, 0.2) is 66.8 Å². The van der Waals surface area contributed by atoms with Crippen LogP contribution in [0.5, 0.6) is 0 Å². The average molecular weight is 441 g/mol. The van der Waals surface area contributed by atoms with Crippen molar-refractivity contribution in [2.24, 2.45) is 0 Å². The van der Waals surface area contributed by atoms with E-state index in [0.717, 1.165) is 22.7 Å². The standard InChI is InChI=1S/C21H15Cl2FN6/c1-12-19(21-25-11-27-29(21)15-4-2-3-14(24)10-15)20(30-18(28-12)7-8-26-30)13-5-6-16(22)17(23)9-13/h2-11,20,28H,1H3/t20-/m1/s1. The first-order valence-corrected chi connectivity index (χ1v) is 9.91. The van der Waals surface area contributed by atoms with E-state index in [0.29, 0.717) is 21.6 Å². The Morgan fingerprint density at radius 1 is 1.03 bits per heavy atom. The molecule has 4 aromatic rings. The summed E-state index contributed by atoms with van der Waals surface area (Å²) in [4.78, 5) is 4.50. The van der Waals surface area contributed by atoms with Gasteiger partial charge in [-0.25, -0.2) is 18.7 Å². The lowest BCUT2D eigenvalue weighted by molar-refractivity contribution is 0.611. The minimum Gasteiger partial charge on any atom is -0.344 e. The molecule has 1 aliphatic heterocycles. The maximum Gasteiger partial charge on any atom is 0.163 e. The monoisotopic (exact) mass is 440 g/mol. The third-order valence-corrected chi connectivity index (χ3v) is 5.75. The highest BCUT2D eigenvalue weighted by Gasteiger charge is 2.32. The number of allylic oxidation sites excluding steroid dienone is 2. The Morgan fingerprint density at radius 2 is 1.90 bits per heavy atom. The van der Waals surface area contributed by atoms with E-state index in [4.69, 9.17) is 23.2 Å². The number of hydrogen-bond donors (Lipinski definition) is 1. The summed E-state index contributed by atoms with van der Waals surface area (Å²) in [5.74, 6) is 1.06. The summed E-state index contributed by atoms with van der Waals surface area (Å²) < 4.78 is 17.3. The van der Waals surface area contributed by atoms with Gasteiger partial charge in [-0.3, -0.25) is 0 Å². The van der Waals surface area contributed by atoms with Gasteiger partial charge in [-0.15, -0.1) is 0 Å². The second-order valence-electron chi connectivity index (χ2n) is 6.88. The summed E-state index contributed by atoms with van der Waals surface area (Å²) in [6.07, 6.45) is 3.17. The number of nitrogens with zero attached hydrogens (tertiary/aromatic N) is 5. The number of rotatable bonds is 3. The van der Waals surface area contributed by atoms with Gasteiger partial charge in [0.2, 0.25) is 0 Å². The molecule has 0 fully saturated rings. The SMILES string of the molecule is CC1=C(c2ncnn2-c2cccc(F)c2)[C@@H](c2ccc(Cl)c(Cl)c2)n2nccc2N1. The molecule has 0 bridgehead atoms. The maximum absolute atomic E-state index is 13.9. The first-order valence-electron chi connectivity index (χ1n) is 9.15. The predicted molar refractivity (Wildman–Crippen MR) is 114 cm³/mol. The van der Waals surface area contributed by atoms with Crippen molar-refractivity contribution in [2.45, 2.75) is 13.0 Å². The van der Waals surface area contributed by atoms with Gasteiger partial charge < -0.3 is 5.32 Å². The third-order valence-electron chi connectivity index (χ3n) is 5.01. The van der Waals surface area contributed by atoms with Gasteiger partial charge in [0.25, 0.3) is 0 Å². The van der Waals surface area contributed by atoms with Gasteiger partial charge in [0.05, 0.1) is 21.9 Å². The summed E-state index contributed by atoms with van der Waals surface area (Å²) in [6.45, 7) is 1.96. The van der Waals surface area contributed by atoms with Crippen LogP contribution in [-0.2, 0) is 0 Å². The molecular weight excluding hydrogens is 426 g/mol. The number of anilines is 1. The molecule has 0 unspecified atom stereocenters. The van der Waals surface area contributed by atoms with Crippen LogP contribution >= 0.6 is 23.2 Å². The molecule has 1 N–H and O–H groups in total. The van der Waals surface area contributed by atoms with Gasteiger partial charge in [-0.1, -0.05) is 35.3 Å². The predicted octanol–water partition coefficient (Wildman–Crippen LogP) is 5.36. The lowest BCUT2D eigenvalue weighted by Gasteiger charge is -2.30. The number of halogens is 3. The number of aromatic nitrogens is 5. The van der Waals surface area contributed by atoms with E-state index in [1.807, 2.05) is 29.8 Å². The highest BCUT2D eigenvalue weighted by molar-refractivity contribution is 6.42. The van der Waals surface area contributed by atoms with E-state index in [1.54, 1.807) is 29.1 Å². The van der Waals surface area contributed by atoms with Gasteiger partial charge in [-0.2, -0.15) is 10.2 Å². The van der Waals surface area contributed by atoms with Crippen LogP contribution in [-0.4, -0.2) is 24.5 Å². The van der Waals surface area contributed by atoms with E-state index < -0.39 is 0 Å². The molecule has 0 saturated carbocycles. The van der Waals surface area contributed by atoms with Gasteiger partial charge in [-0.05, 0) is 42.8 Å². The molecule has 30 heavy (non-hydrogen) atoms. The Morgan fingerprint density at radius 3 is 2.70 bits per heavy atom. The Balaban J connectivity index is 1.72. The fourth-order valence-electron chi connectivity index (χ4n) is 3.71. The summed E-state index contributed by atoms with van der Waals surface area (Å²) in [7, 11) is 0. The normalized spacial score (nSPS) is 15.8. The third kappa shape index (κ3) is 3.07. The van der Waals surface area contributed by atoms with E-state index in [1.165, 1.54) is 18.5 Å². The molecule has 0 aliphatic carbocycles. The van der Waals surface area contributed by atoms with Gasteiger partial charge >= 0.3 is 0 Å². The molecule has 150 valence electrons. The lowest BCUT2D eigenvalue weighted by Crippen LogP contribution is -2.25. The molecule has 2 aromatic heterocycles. The quantitative estimate of drug-likeness (QED) is 0.465. The minimum absolute atomic E-state index is 0.331. The van der Waals surface area contributed by atoms with Crippen LogP contribution in [0.3, 0.4) is 0 Å². The molecule has 9 heteroatoms. The lowest BCUT2D eigenvalue weighted by atomic mass is 9.94. The van der Waals surface area contributed by atoms with Crippen LogP contribution in [0.2, 0.25) is 10.0 Å². The minimum atomic E-state index is -0.350. The van der Waals surface area contributed by atoms with Gasteiger partial charge in [0.1, 0.15) is 24.0 Å². The Labute approximate surface area is 181 Å². The number of fused-ring (bicyclic) bond motifs is 1. The van der Waals surface area contributed by atoms with Crippen molar-refractivity contribution >= 4 is 34.6 Å². The van der Waals surface area contributed by atoms with Crippen LogP contribution in [0.1, 0.15) is 24.4 Å². The van der Waals surface area contributed by atoms with E-state index >= 15 is 0 Å². The molecule has 6 nitrogen and oxygen atoms in total. The maximum atomic E-state index is 13.9. The summed E-state index contributed by atoms with van der Waals surface area (Å²) in [5.41, 5.74) is 3.18. The summed E-state index contributed by atoms with van der Waals surface area (Å²) in [6, 6.07) is 13.3. The summed E-state index contributed by atoms with van der Waals surface area (Å²) in [5, 5.41) is 13.1. The molecule has 0 spiro atoms. The molecule has 0 radical (unpaired) electrons. The fourth-order valence-corrected chi connectivity index (χ4v) is 4.01. The second-order valence-corrected chi connectivity index (χ2v) is 7.69. The molecule has 2 aromatic carbocycles. The van der Waals surface area contributed by atoms with Crippen molar-refractivity contribution in [2.75, 3.05) is 5.32 Å². The van der Waals surface area contributed by atoms with Crippen molar-refractivity contribution in [3.63, 3.8) is 0 Å². The zero-order valence-electron chi connectivity index (χ0n) is 15.7. The van der Waals surface area contributed by atoms with Crippen molar-refractivity contribution in [3.05, 3.63) is 94.0 Å². The Kier molecular flexibility index (Phi) is 4.56. The van der Waals surface area contributed by atoms with Crippen molar-refractivity contribution in [1.82, 2.24) is 24.5 Å². The van der Waals surface area contributed by atoms with Crippen LogP contribution < -0.4 is 5.32 Å². The zero-order chi connectivity index (χ0) is 20.8. The topological polar surface area (TPSA) is 60.6 Å². The first-order chi connectivity index (χ1) is 14.5. The fraction of sp³-hybridized carbons (Fsp3) is 0.0952. The Bertz CT molecular complexity index is 1290. The number of nitrogens with one attached hydrogen (secondary N) is 1. The largest absolute Gasteiger partial charge is 0.344 e. The molecule has 0 saturated heterocycles. The number of hydrogen-bond acceptors (Lipinski definition) is 4. The molecule has 0 amide bonds. The van der Waals surface area contributed by atoms with Crippen LogP contribution in [0.25, 0.3) is 11.3 Å². The van der Waals surface area contributed by atoms with Crippen molar-refractivity contribution < 1.29 is 4.39 Å². The molecule has 3 heterocycles. The van der Waals surface area contributed by atoms with Crippen molar-refractivity contribution in [3.8, 4) is 5.69 Å². The zero-order valence-corrected chi connectivity index (χ0v) is 17.2. The van der Waals surface area contributed by atoms with Gasteiger partial charge in [0.15, 0.2) is 5.82 Å². The summed E-state index contributed by atoms with van der Waals surface area (Å²) >= 11 is 12.5. The average Bonchev–Trinajstić information content (AvgIpc) is 3.38.